The minimum Gasteiger partial charge on any atom is -0.311 e. The van der Waals surface area contributed by atoms with Gasteiger partial charge in [0.1, 0.15) is 0 Å². The van der Waals surface area contributed by atoms with Crippen molar-refractivity contribution in [1.29, 1.82) is 0 Å². The van der Waals surface area contributed by atoms with Gasteiger partial charge >= 0.3 is 0 Å². The van der Waals surface area contributed by atoms with E-state index in [1.807, 2.05) is 0 Å². The second-order valence-electron chi connectivity index (χ2n) is 7.04. The Kier molecular flexibility index (Phi) is 5.32. The first-order chi connectivity index (χ1) is 10.3. The van der Waals surface area contributed by atoms with E-state index in [1.165, 1.54) is 57.2 Å². The number of likely N-dealkylation sites (tertiary alicyclic amines) is 1. The molecule has 0 spiro atoms. The van der Waals surface area contributed by atoms with E-state index in [-0.39, 0.29) is 0 Å². The van der Waals surface area contributed by atoms with E-state index in [2.05, 4.69) is 47.5 Å². The number of nitrogens with one attached hydrogen (secondary N) is 1. The molecule has 0 aromatic heterocycles. The van der Waals surface area contributed by atoms with Gasteiger partial charge in [-0.15, -0.1) is 0 Å². The molecule has 1 N–H and O–H groups in total. The summed E-state index contributed by atoms with van der Waals surface area (Å²) in [7, 11) is 0. The van der Waals surface area contributed by atoms with Crippen molar-refractivity contribution in [3.8, 4) is 0 Å². The molecule has 1 aliphatic carbocycles. The quantitative estimate of drug-likeness (QED) is 0.885. The van der Waals surface area contributed by atoms with E-state index in [1.54, 1.807) is 0 Å². The summed E-state index contributed by atoms with van der Waals surface area (Å²) in [5.41, 5.74) is 1.45. The molecular weight excluding hydrogens is 256 g/mol. The molecule has 0 amide bonds. The van der Waals surface area contributed by atoms with Gasteiger partial charge in [0.2, 0.25) is 0 Å². The van der Waals surface area contributed by atoms with Crippen LogP contribution in [0.1, 0.15) is 51.0 Å². The van der Waals surface area contributed by atoms with Crippen molar-refractivity contribution in [1.82, 2.24) is 10.2 Å². The molecule has 1 heterocycles. The van der Waals surface area contributed by atoms with Crippen LogP contribution in [0.15, 0.2) is 30.3 Å². The van der Waals surface area contributed by atoms with Gasteiger partial charge in [-0.1, -0.05) is 43.2 Å². The van der Waals surface area contributed by atoms with Crippen molar-refractivity contribution in [2.75, 3.05) is 13.1 Å². The Morgan fingerprint density at radius 2 is 1.71 bits per heavy atom. The van der Waals surface area contributed by atoms with Crippen LogP contribution >= 0.6 is 0 Å². The zero-order chi connectivity index (χ0) is 14.5. The molecule has 1 atom stereocenters. The maximum Gasteiger partial charge on any atom is 0.0233 e. The first-order valence-corrected chi connectivity index (χ1v) is 8.83. The van der Waals surface area contributed by atoms with Crippen LogP contribution < -0.4 is 5.32 Å². The smallest absolute Gasteiger partial charge is 0.0233 e. The van der Waals surface area contributed by atoms with Crippen LogP contribution in [0.25, 0.3) is 0 Å². The SMILES string of the molecule is C[C@@H](NC1CCN(Cc2ccccc2)CC1)C1CCCC1. The molecule has 1 saturated heterocycles. The van der Waals surface area contributed by atoms with Crippen molar-refractivity contribution < 1.29 is 0 Å². The largest absolute Gasteiger partial charge is 0.311 e. The minimum absolute atomic E-state index is 0.721. The van der Waals surface area contributed by atoms with Gasteiger partial charge in [-0.05, 0) is 57.2 Å². The van der Waals surface area contributed by atoms with Gasteiger partial charge in [0.15, 0.2) is 0 Å². The van der Waals surface area contributed by atoms with E-state index >= 15 is 0 Å². The third-order valence-corrected chi connectivity index (χ3v) is 5.44. The first-order valence-electron chi connectivity index (χ1n) is 8.83. The fourth-order valence-corrected chi connectivity index (χ4v) is 4.06. The van der Waals surface area contributed by atoms with Crippen LogP contribution in [-0.2, 0) is 6.54 Å². The van der Waals surface area contributed by atoms with Crippen LogP contribution in [0.2, 0.25) is 0 Å². The second kappa shape index (κ2) is 7.42. The molecule has 0 bridgehead atoms. The zero-order valence-corrected chi connectivity index (χ0v) is 13.4. The molecule has 1 saturated carbocycles. The highest BCUT2D eigenvalue weighted by atomic mass is 15.1. The summed E-state index contributed by atoms with van der Waals surface area (Å²) >= 11 is 0. The second-order valence-corrected chi connectivity index (χ2v) is 7.04. The summed E-state index contributed by atoms with van der Waals surface area (Å²) in [5, 5.41) is 3.92. The average Bonchev–Trinajstić information content (AvgIpc) is 3.05. The molecule has 3 rings (SSSR count). The summed E-state index contributed by atoms with van der Waals surface area (Å²) in [6, 6.07) is 12.3. The van der Waals surface area contributed by atoms with Crippen LogP contribution in [0.5, 0.6) is 0 Å². The molecule has 2 aliphatic rings. The Morgan fingerprint density at radius 1 is 1.05 bits per heavy atom. The molecule has 0 unspecified atom stereocenters. The lowest BCUT2D eigenvalue weighted by Crippen LogP contribution is -2.46. The van der Waals surface area contributed by atoms with E-state index in [0.29, 0.717) is 0 Å². The number of nitrogens with zero attached hydrogens (tertiary/aromatic N) is 1. The number of piperidine rings is 1. The highest BCUT2D eigenvalue weighted by Gasteiger charge is 2.25. The maximum atomic E-state index is 3.92. The molecule has 116 valence electrons. The lowest BCUT2D eigenvalue weighted by atomic mass is 9.96. The normalized spacial score (nSPS) is 23.5. The van der Waals surface area contributed by atoms with Crippen molar-refractivity contribution in [3.63, 3.8) is 0 Å². The van der Waals surface area contributed by atoms with Gasteiger partial charge in [0, 0.05) is 18.6 Å². The third kappa shape index (κ3) is 4.31. The third-order valence-electron chi connectivity index (χ3n) is 5.44. The first kappa shape index (κ1) is 15.1. The fourth-order valence-electron chi connectivity index (χ4n) is 4.06. The molecule has 2 heteroatoms. The van der Waals surface area contributed by atoms with E-state index < -0.39 is 0 Å². The lowest BCUT2D eigenvalue weighted by Gasteiger charge is -2.35. The Labute approximate surface area is 129 Å². The topological polar surface area (TPSA) is 15.3 Å². The van der Waals surface area contributed by atoms with Gasteiger partial charge in [-0.2, -0.15) is 0 Å². The van der Waals surface area contributed by atoms with Crippen LogP contribution in [0.3, 0.4) is 0 Å². The Balaban J connectivity index is 1.40. The standard InChI is InChI=1S/C19H30N2/c1-16(18-9-5-6-10-18)20-19-11-13-21(14-12-19)15-17-7-3-2-4-8-17/h2-4,7-8,16,18-20H,5-6,9-15H2,1H3/t16-/m1/s1. The van der Waals surface area contributed by atoms with Crippen molar-refractivity contribution >= 4 is 0 Å². The maximum absolute atomic E-state index is 3.92. The number of benzene rings is 1. The molecular formula is C19H30N2. The van der Waals surface area contributed by atoms with Crippen LogP contribution in [0, 0.1) is 5.92 Å². The number of rotatable bonds is 5. The Bertz CT molecular complexity index is 403. The Morgan fingerprint density at radius 3 is 2.38 bits per heavy atom. The van der Waals surface area contributed by atoms with Gasteiger partial charge in [0.05, 0.1) is 0 Å². The van der Waals surface area contributed by atoms with Crippen molar-refractivity contribution in [2.24, 2.45) is 5.92 Å². The van der Waals surface area contributed by atoms with Crippen LogP contribution in [0.4, 0.5) is 0 Å². The van der Waals surface area contributed by atoms with Gasteiger partial charge < -0.3 is 5.32 Å². The predicted molar refractivity (Wildman–Crippen MR) is 89.3 cm³/mol. The van der Waals surface area contributed by atoms with Crippen LogP contribution in [-0.4, -0.2) is 30.1 Å². The van der Waals surface area contributed by atoms with Gasteiger partial charge in [0.25, 0.3) is 0 Å². The molecule has 1 aromatic rings. The fraction of sp³-hybridized carbons (Fsp3) is 0.684. The average molecular weight is 286 g/mol. The van der Waals surface area contributed by atoms with Crippen molar-refractivity contribution in [2.45, 2.75) is 64.1 Å². The molecule has 2 nitrogen and oxygen atoms in total. The highest BCUT2D eigenvalue weighted by Crippen LogP contribution is 2.28. The summed E-state index contributed by atoms with van der Waals surface area (Å²) < 4.78 is 0. The summed E-state index contributed by atoms with van der Waals surface area (Å²) in [6.07, 6.45) is 8.41. The molecule has 1 aromatic carbocycles. The molecule has 0 radical (unpaired) electrons. The monoisotopic (exact) mass is 286 g/mol. The summed E-state index contributed by atoms with van der Waals surface area (Å²) in [4.78, 5) is 2.60. The summed E-state index contributed by atoms with van der Waals surface area (Å²) in [6.45, 7) is 6.01. The van der Waals surface area contributed by atoms with E-state index in [0.717, 1.165) is 24.5 Å². The molecule has 2 fully saturated rings. The molecule has 1 aliphatic heterocycles. The van der Waals surface area contributed by atoms with E-state index in [9.17, 15) is 0 Å². The number of hydrogen-bond donors (Lipinski definition) is 1. The Hall–Kier alpha value is -0.860. The summed E-state index contributed by atoms with van der Waals surface area (Å²) in [5.74, 6) is 0.937. The van der Waals surface area contributed by atoms with Gasteiger partial charge in [-0.25, -0.2) is 0 Å². The lowest BCUT2D eigenvalue weighted by molar-refractivity contribution is 0.178. The molecule has 21 heavy (non-hydrogen) atoms. The predicted octanol–water partition coefficient (Wildman–Crippen LogP) is 3.82. The highest BCUT2D eigenvalue weighted by molar-refractivity contribution is 5.14. The number of hydrogen-bond acceptors (Lipinski definition) is 2. The van der Waals surface area contributed by atoms with E-state index in [4.69, 9.17) is 0 Å². The van der Waals surface area contributed by atoms with Gasteiger partial charge in [-0.3, -0.25) is 4.90 Å². The minimum atomic E-state index is 0.721. The zero-order valence-electron chi connectivity index (χ0n) is 13.4. The van der Waals surface area contributed by atoms with Crippen molar-refractivity contribution in [3.05, 3.63) is 35.9 Å².